The van der Waals surface area contributed by atoms with Crippen LogP contribution in [0.4, 0.5) is 0 Å². The zero-order chi connectivity index (χ0) is 18.9. The van der Waals surface area contributed by atoms with Gasteiger partial charge in [-0.25, -0.2) is 0 Å². The first kappa shape index (κ1) is 17.7. The first-order valence-electron chi connectivity index (χ1n) is 10.9. The van der Waals surface area contributed by atoms with Crippen LogP contribution < -0.4 is 0 Å². The minimum absolute atomic E-state index is 0.307. The number of aliphatic hydroxyl groups is 1. The van der Waals surface area contributed by atoms with Crippen LogP contribution in [0.5, 0.6) is 0 Å². The molecular weight excluding hydrogens is 330 g/mol. The van der Waals surface area contributed by atoms with E-state index in [4.69, 9.17) is 0 Å². The molecule has 1 aromatic heterocycles. The Labute approximate surface area is 163 Å². The van der Waals surface area contributed by atoms with Crippen molar-refractivity contribution >= 4 is 5.57 Å². The van der Waals surface area contributed by atoms with Crippen LogP contribution in [-0.2, 0) is 0 Å². The van der Waals surface area contributed by atoms with E-state index in [0.717, 1.165) is 30.6 Å². The summed E-state index contributed by atoms with van der Waals surface area (Å²) in [6, 6.07) is 4.32. The summed E-state index contributed by atoms with van der Waals surface area (Å²) in [6.45, 7) is 7.03. The van der Waals surface area contributed by atoms with Crippen molar-refractivity contribution in [2.75, 3.05) is 0 Å². The van der Waals surface area contributed by atoms with Crippen LogP contribution in [0.3, 0.4) is 0 Å². The highest BCUT2D eigenvalue weighted by atomic mass is 16.3. The molecule has 0 bridgehead atoms. The van der Waals surface area contributed by atoms with Crippen LogP contribution >= 0.6 is 0 Å². The lowest BCUT2D eigenvalue weighted by atomic mass is 9.46. The average molecular weight is 364 g/mol. The van der Waals surface area contributed by atoms with E-state index in [1.165, 1.54) is 37.7 Å². The van der Waals surface area contributed by atoms with Gasteiger partial charge in [0.2, 0.25) is 0 Å². The van der Waals surface area contributed by atoms with Crippen molar-refractivity contribution in [1.82, 2.24) is 4.98 Å². The highest BCUT2D eigenvalue weighted by Crippen LogP contribution is 2.67. The molecule has 0 saturated heterocycles. The molecule has 1 unspecified atom stereocenters. The standard InChI is InChI=1S/C25H33NO/c1-23(27)12-13-24(2)18(15-23)6-7-19-21-9-8-20(17-5-4-14-26-16-17)25(21,3)11-10-22(19)24/h4-5,8,14-16,19,21-22,27H,6-7,9-13H2,1-3H3/t19-,21-,22-,23?,24-,25+/m0/s1. The highest BCUT2D eigenvalue weighted by Gasteiger charge is 2.57. The molecule has 4 aliphatic rings. The van der Waals surface area contributed by atoms with Crippen molar-refractivity contribution in [2.24, 2.45) is 28.6 Å². The summed E-state index contributed by atoms with van der Waals surface area (Å²) in [5.41, 5.74) is 4.47. The number of nitrogens with zero attached hydrogens (tertiary/aromatic N) is 1. The molecule has 0 radical (unpaired) electrons. The van der Waals surface area contributed by atoms with Gasteiger partial charge in [0, 0.05) is 12.4 Å². The monoisotopic (exact) mass is 363 g/mol. The third-order valence-corrected chi connectivity index (χ3v) is 8.93. The summed E-state index contributed by atoms with van der Waals surface area (Å²) in [5.74, 6) is 2.37. The molecule has 2 nitrogen and oxygen atoms in total. The predicted octanol–water partition coefficient (Wildman–Crippen LogP) is 5.79. The Kier molecular flexibility index (Phi) is 3.79. The lowest BCUT2D eigenvalue weighted by molar-refractivity contribution is -0.0379. The number of allylic oxidation sites excluding steroid dienone is 3. The van der Waals surface area contributed by atoms with Gasteiger partial charge in [0.15, 0.2) is 0 Å². The summed E-state index contributed by atoms with van der Waals surface area (Å²) in [6.07, 6.45) is 17.1. The minimum atomic E-state index is -0.590. The Morgan fingerprint density at radius 1 is 1.04 bits per heavy atom. The third kappa shape index (κ3) is 2.52. The maximum atomic E-state index is 10.6. The highest BCUT2D eigenvalue weighted by molar-refractivity contribution is 5.72. The second-order valence-electron chi connectivity index (χ2n) is 10.4. The van der Waals surface area contributed by atoms with E-state index >= 15 is 0 Å². The lowest BCUT2D eigenvalue weighted by Crippen LogP contribution is -2.51. The summed E-state index contributed by atoms with van der Waals surface area (Å²) in [4.78, 5) is 4.39. The van der Waals surface area contributed by atoms with E-state index < -0.39 is 5.60 Å². The van der Waals surface area contributed by atoms with E-state index in [1.54, 1.807) is 11.1 Å². The molecule has 144 valence electrons. The largest absolute Gasteiger partial charge is 0.386 e. The smallest absolute Gasteiger partial charge is 0.0802 e. The summed E-state index contributed by atoms with van der Waals surface area (Å²) in [5, 5.41) is 10.6. The maximum Gasteiger partial charge on any atom is 0.0802 e. The SMILES string of the molecule is CC1(O)C=C2CC[C@@H]3[C@H](CC[C@]4(C)C(c5cccnc5)=CC[C@@H]34)[C@@]2(C)CC1. The van der Waals surface area contributed by atoms with E-state index in [9.17, 15) is 5.11 Å². The van der Waals surface area contributed by atoms with Gasteiger partial charge >= 0.3 is 0 Å². The van der Waals surface area contributed by atoms with Gasteiger partial charge in [-0.15, -0.1) is 0 Å². The van der Waals surface area contributed by atoms with Gasteiger partial charge in [-0.05, 0) is 97.7 Å². The Morgan fingerprint density at radius 3 is 2.67 bits per heavy atom. The topological polar surface area (TPSA) is 33.1 Å². The van der Waals surface area contributed by atoms with E-state index in [1.807, 2.05) is 13.1 Å². The van der Waals surface area contributed by atoms with Crippen LogP contribution in [0.15, 0.2) is 42.3 Å². The van der Waals surface area contributed by atoms with Gasteiger partial charge in [-0.3, -0.25) is 4.98 Å². The molecule has 27 heavy (non-hydrogen) atoms. The normalized spacial score (nSPS) is 46.0. The molecule has 1 aromatic rings. The fourth-order valence-corrected chi connectivity index (χ4v) is 7.41. The summed E-state index contributed by atoms with van der Waals surface area (Å²) < 4.78 is 0. The van der Waals surface area contributed by atoms with Gasteiger partial charge in [-0.1, -0.05) is 37.6 Å². The zero-order valence-electron chi connectivity index (χ0n) is 17.0. The Bertz CT molecular complexity index is 807. The number of rotatable bonds is 1. The lowest BCUT2D eigenvalue weighted by Gasteiger charge is -2.59. The molecule has 4 aliphatic carbocycles. The Balaban J connectivity index is 1.47. The fourth-order valence-electron chi connectivity index (χ4n) is 7.41. The van der Waals surface area contributed by atoms with Crippen LogP contribution in [0.25, 0.3) is 5.57 Å². The molecule has 2 heteroatoms. The van der Waals surface area contributed by atoms with Crippen LogP contribution in [0.1, 0.15) is 71.3 Å². The fraction of sp³-hybridized carbons (Fsp3) is 0.640. The maximum absolute atomic E-state index is 10.6. The molecule has 0 amide bonds. The molecule has 0 aliphatic heterocycles. The average Bonchev–Trinajstić information content (AvgIpc) is 3.00. The van der Waals surface area contributed by atoms with Crippen molar-refractivity contribution < 1.29 is 5.11 Å². The molecule has 0 aromatic carbocycles. The second-order valence-corrected chi connectivity index (χ2v) is 10.4. The van der Waals surface area contributed by atoms with Gasteiger partial charge < -0.3 is 5.11 Å². The molecule has 1 N–H and O–H groups in total. The van der Waals surface area contributed by atoms with Crippen LogP contribution in [0, 0.1) is 28.6 Å². The van der Waals surface area contributed by atoms with Gasteiger partial charge in [0.05, 0.1) is 5.60 Å². The van der Waals surface area contributed by atoms with E-state index in [0.29, 0.717) is 10.8 Å². The van der Waals surface area contributed by atoms with Gasteiger partial charge in [0.1, 0.15) is 0 Å². The van der Waals surface area contributed by atoms with Gasteiger partial charge in [-0.2, -0.15) is 0 Å². The number of aromatic nitrogens is 1. The van der Waals surface area contributed by atoms with Crippen molar-refractivity contribution in [2.45, 2.75) is 71.3 Å². The van der Waals surface area contributed by atoms with Crippen LogP contribution in [0.2, 0.25) is 0 Å². The second kappa shape index (κ2) is 5.80. The number of fused-ring (bicyclic) bond motifs is 5. The van der Waals surface area contributed by atoms with Crippen molar-refractivity contribution in [1.29, 1.82) is 0 Å². The number of hydrogen-bond acceptors (Lipinski definition) is 2. The van der Waals surface area contributed by atoms with Crippen molar-refractivity contribution in [3.05, 3.63) is 47.8 Å². The summed E-state index contributed by atoms with van der Waals surface area (Å²) in [7, 11) is 0. The molecular formula is C25H33NO. The molecule has 2 fully saturated rings. The first-order valence-corrected chi connectivity index (χ1v) is 10.9. The quantitative estimate of drug-likeness (QED) is 0.641. The Morgan fingerprint density at radius 2 is 1.89 bits per heavy atom. The zero-order valence-corrected chi connectivity index (χ0v) is 17.0. The number of hydrogen-bond donors (Lipinski definition) is 1. The molecule has 6 atom stereocenters. The molecule has 2 saturated carbocycles. The van der Waals surface area contributed by atoms with E-state index in [-0.39, 0.29) is 0 Å². The van der Waals surface area contributed by atoms with Crippen molar-refractivity contribution in [3.8, 4) is 0 Å². The van der Waals surface area contributed by atoms with E-state index in [2.05, 4.69) is 49.3 Å². The number of pyridine rings is 1. The van der Waals surface area contributed by atoms with Crippen LogP contribution in [-0.4, -0.2) is 15.7 Å². The Hall–Kier alpha value is -1.41. The predicted molar refractivity (Wildman–Crippen MR) is 110 cm³/mol. The molecule has 1 heterocycles. The van der Waals surface area contributed by atoms with Crippen molar-refractivity contribution in [3.63, 3.8) is 0 Å². The molecule has 0 spiro atoms. The summed E-state index contributed by atoms with van der Waals surface area (Å²) >= 11 is 0. The third-order valence-electron chi connectivity index (χ3n) is 8.93. The van der Waals surface area contributed by atoms with Gasteiger partial charge in [0.25, 0.3) is 0 Å². The minimum Gasteiger partial charge on any atom is -0.386 e. The first-order chi connectivity index (χ1) is 12.8. The molecule has 5 rings (SSSR count).